The van der Waals surface area contributed by atoms with Gasteiger partial charge in [0, 0.05) is 38.5 Å². The van der Waals surface area contributed by atoms with Crippen LogP contribution >= 0.6 is 0 Å². The molecule has 2 heterocycles. The van der Waals surface area contributed by atoms with Crippen molar-refractivity contribution in [3.63, 3.8) is 0 Å². The average molecular weight is 781 g/mol. The number of epoxide rings is 2. The lowest BCUT2D eigenvalue weighted by Crippen LogP contribution is -2.55. The molecule has 2 saturated carbocycles. The predicted octanol–water partition coefficient (Wildman–Crippen LogP) is 3.72. The molecule has 7 atom stereocenters. The Morgan fingerprint density at radius 2 is 1.68 bits per heavy atom. The first-order chi connectivity index (χ1) is 26.7. The van der Waals surface area contributed by atoms with Gasteiger partial charge in [0.15, 0.2) is 5.78 Å². The Labute approximate surface area is 332 Å². The summed E-state index contributed by atoms with van der Waals surface area (Å²) in [5, 5.41) is 11.5. The highest BCUT2D eigenvalue weighted by molar-refractivity contribution is 5.90. The third kappa shape index (κ3) is 11.9. The van der Waals surface area contributed by atoms with Crippen molar-refractivity contribution in [1.82, 2.24) is 21.3 Å². The van der Waals surface area contributed by atoms with Gasteiger partial charge in [-0.25, -0.2) is 0 Å². The van der Waals surface area contributed by atoms with Crippen LogP contribution in [0.15, 0.2) is 42.0 Å². The molecule has 4 aliphatic rings. The van der Waals surface area contributed by atoms with E-state index in [2.05, 4.69) is 48.1 Å². The maximum Gasteiger partial charge on any atom is 0.306 e. The molecule has 5 rings (SSSR count). The number of allylic oxidation sites excluding steroid dienone is 1. The van der Waals surface area contributed by atoms with Gasteiger partial charge in [-0.1, -0.05) is 55.8 Å². The van der Waals surface area contributed by atoms with E-state index in [9.17, 15) is 24.0 Å². The van der Waals surface area contributed by atoms with Crippen LogP contribution in [0.1, 0.15) is 98.0 Å². The number of ether oxygens (including phenoxy) is 4. The summed E-state index contributed by atoms with van der Waals surface area (Å²) in [7, 11) is 1.69. The minimum atomic E-state index is -0.665. The van der Waals surface area contributed by atoms with E-state index in [0.717, 1.165) is 44.1 Å². The van der Waals surface area contributed by atoms with E-state index in [-0.39, 0.29) is 103 Å². The molecule has 1 spiro atoms. The first kappa shape index (κ1) is 43.5. The van der Waals surface area contributed by atoms with Gasteiger partial charge in [-0.3, -0.25) is 24.0 Å². The summed E-state index contributed by atoms with van der Waals surface area (Å²) in [6, 6.07) is 8.87. The second-order valence-electron chi connectivity index (χ2n) is 17.0. The lowest BCUT2D eigenvalue weighted by atomic mass is 9.68. The van der Waals surface area contributed by atoms with E-state index in [1.54, 1.807) is 21.0 Å². The molecule has 0 radical (unpaired) electrons. The van der Waals surface area contributed by atoms with Crippen LogP contribution in [0, 0.1) is 17.8 Å². The molecular weight excluding hydrogens is 716 g/mol. The molecule has 4 N–H and O–H groups in total. The van der Waals surface area contributed by atoms with E-state index < -0.39 is 11.9 Å². The first-order valence-electron chi connectivity index (χ1n) is 20.5. The lowest BCUT2D eigenvalue weighted by Gasteiger charge is -2.42. The molecule has 2 aliphatic carbocycles. The first-order valence-corrected chi connectivity index (χ1v) is 20.5. The Morgan fingerprint density at radius 3 is 2.32 bits per heavy atom. The second kappa shape index (κ2) is 19.7. The lowest BCUT2D eigenvalue weighted by molar-refractivity contribution is -0.173. The Kier molecular flexibility index (Phi) is 15.3. The molecule has 0 bridgehead atoms. The van der Waals surface area contributed by atoms with Crippen molar-refractivity contribution >= 4 is 29.5 Å². The molecular formula is C43H64N4O9. The normalized spacial score (nSPS) is 29.8. The average Bonchev–Trinajstić information content (AvgIpc) is 4.09. The number of hydrogen-bond donors (Lipinski definition) is 4. The second-order valence-corrected chi connectivity index (χ2v) is 17.0. The third-order valence-electron chi connectivity index (χ3n) is 12.1. The van der Waals surface area contributed by atoms with Crippen molar-refractivity contribution in [3.8, 4) is 0 Å². The van der Waals surface area contributed by atoms with Gasteiger partial charge in [-0.05, 0) is 83.6 Å². The molecule has 13 heteroatoms. The third-order valence-corrected chi connectivity index (χ3v) is 12.1. The van der Waals surface area contributed by atoms with Crippen molar-refractivity contribution in [2.24, 2.45) is 17.8 Å². The van der Waals surface area contributed by atoms with Gasteiger partial charge in [0.1, 0.15) is 23.4 Å². The molecule has 310 valence electrons. The zero-order valence-electron chi connectivity index (χ0n) is 34.2. The number of carbonyl (C=O) groups is 5. The number of esters is 1. The van der Waals surface area contributed by atoms with E-state index in [0.29, 0.717) is 25.9 Å². The molecule has 1 aromatic rings. The van der Waals surface area contributed by atoms with Crippen LogP contribution in [0.4, 0.5) is 0 Å². The molecule has 4 fully saturated rings. The molecule has 2 aliphatic heterocycles. The monoisotopic (exact) mass is 780 g/mol. The molecule has 1 aromatic carbocycles. The maximum absolute atomic E-state index is 13.3. The summed E-state index contributed by atoms with van der Waals surface area (Å²) in [5.74, 6) is -1.25. The Bertz CT molecular complexity index is 1550. The topological polar surface area (TPSA) is 177 Å². The van der Waals surface area contributed by atoms with Crippen LogP contribution in [0.5, 0.6) is 0 Å². The van der Waals surface area contributed by atoms with Gasteiger partial charge in [0.25, 0.3) is 0 Å². The number of Topliss-reactive ketones (excluding diaryl/α,β-unsaturated/α-hetero) is 1. The molecule has 13 nitrogen and oxygen atoms in total. The fourth-order valence-electron chi connectivity index (χ4n) is 8.54. The number of hydrogen-bond acceptors (Lipinski definition) is 10. The highest BCUT2D eigenvalue weighted by atomic mass is 16.6. The highest BCUT2D eigenvalue weighted by Gasteiger charge is 2.72. The SMILES string of the molecule is COC1C(OC(=O)CC2CCC(NC(=O)CCN[C@@H](Cc3ccccc3)C(=O)NCC(=O)NCC(=O)C(C)C)CC2)CC[C@]2(CO2)C1C1(C)O[C@@H]1CC=C(C)C. The van der Waals surface area contributed by atoms with Crippen LogP contribution in [0.25, 0.3) is 0 Å². The van der Waals surface area contributed by atoms with E-state index in [4.69, 9.17) is 18.9 Å². The number of methoxy groups -OCH3 is 1. The van der Waals surface area contributed by atoms with Gasteiger partial charge in [-0.15, -0.1) is 0 Å². The largest absolute Gasteiger partial charge is 0.460 e. The summed E-state index contributed by atoms with van der Waals surface area (Å²) in [6.07, 6.45) is 8.04. The molecule has 0 aromatic heterocycles. The molecule has 2 saturated heterocycles. The summed E-state index contributed by atoms with van der Waals surface area (Å²) in [6.45, 7) is 10.5. The Balaban J connectivity index is 1.02. The van der Waals surface area contributed by atoms with Gasteiger partial charge in [0.2, 0.25) is 17.7 Å². The van der Waals surface area contributed by atoms with Crippen molar-refractivity contribution in [1.29, 1.82) is 0 Å². The number of benzene rings is 1. The van der Waals surface area contributed by atoms with Gasteiger partial charge in [-0.2, -0.15) is 0 Å². The number of carbonyl (C=O) groups excluding carboxylic acids is 5. The number of amides is 3. The standard InChI is InChI=1S/C43H64N4O9/c1-27(2)12-17-35-42(5,56-35)40-39(53-6)34(18-20-43(40)26-54-43)55-38(51)23-30-13-15-31(16-14-30)47-36(49)19-21-44-32(22-29-10-8-7-9-11-29)41(52)46-25-37(50)45-24-33(48)28(3)4/h7-12,28,30-32,34-35,39-40,44H,13-26H2,1-6H3,(H,45,50)(H,46,52)(H,47,49)/t30?,31?,32-,34?,35+,39?,40?,42?,43-/m0/s1. The summed E-state index contributed by atoms with van der Waals surface area (Å²) in [4.78, 5) is 63.4. The fourth-order valence-corrected chi connectivity index (χ4v) is 8.54. The molecule has 56 heavy (non-hydrogen) atoms. The number of ketones is 1. The summed E-state index contributed by atoms with van der Waals surface area (Å²) in [5.41, 5.74) is 1.54. The minimum absolute atomic E-state index is 0.0181. The minimum Gasteiger partial charge on any atom is -0.460 e. The quantitative estimate of drug-likeness (QED) is 0.0867. The summed E-state index contributed by atoms with van der Waals surface area (Å²) < 4.78 is 24.5. The van der Waals surface area contributed by atoms with Crippen LogP contribution in [0.3, 0.4) is 0 Å². The van der Waals surface area contributed by atoms with E-state index >= 15 is 0 Å². The van der Waals surface area contributed by atoms with Crippen molar-refractivity contribution in [3.05, 3.63) is 47.5 Å². The molecule has 3 amide bonds. The number of nitrogens with one attached hydrogen (secondary N) is 4. The maximum atomic E-state index is 13.3. The predicted molar refractivity (Wildman–Crippen MR) is 210 cm³/mol. The summed E-state index contributed by atoms with van der Waals surface area (Å²) >= 11 is 0. The zero-order valence-corrected chi connectivity index (χ0v) is 34.2. The Hall–Kier alpha value is -3.65. The Morgan fingerprint density at radius 1 is 0.964 bits per heavy atom. The van der Waals surface area contributed by atoms with Gasteiger partial charge in [0.05, 0.1) is 37.8 Å². The highest BCUT2D eigenvalue weighted by Crippen LogP contribution is 2.59. The van der Waals surface area contributed by atoms with Gasteiger partial charge < -0.3 is 40.2 Å². The smallest absolute Gasteiger partial charge is 0.306 e. The number of rotatable bonds is 20. The van der Waals surface area contributed by atoms with Crippen LogP contribution < -0.4 is 21.3 Å². The molecule has 4 unspecified atom stereocenters. The zero-order chi connectivity index (χ0) is 40.5. The van der Waals surface area contributed by atoms with E-state index in [1.807, 2.05) is 30.3 Å². The van der Waals surface area contributed by atoms with Crippen LogP contribution in [0.2, 0.25) is 0 Å². The van der Waals surface area contributed by atoms with Crippen LogP contribution in [-0.4, -0.2) is 104 Å². The van der Waals surface area contributed by atoms with Crippen molar-refractivity contribution in [2.75, 3.05) is 33.4 Å². The van der Waals surface area contributed by atoms with Crippen LogP contribution in [-0.2, 0) is 49.3 Å². The van der Waals surface area contributed by atoms with Gasteiger partial charge >= 0.3 is 5.97 Å². The fraction of sp³-hybridized carbons (Fsp3) is 0.698. The van der Waals surface area contributed by atoms with Crippen molar-refractivity contribution in [2.45, 2.75) is 140 Å². The van der Waals surface area contributed by atoms with E-state index in [1.165, 1.54) is 5.57 Å². The van der Waals surface area contributed by atoms with Crippen molar-refractivity contribution < 1.29 is 42.9 Å².